The number of nitrogens with one attached hydrogen (secondary N) is 1. The fourth-order valence-electron chi connectivity index (χ4n) is 4.10. The van der Waals surface area contributed by atoms with E-state index in [1.54, 1.807) is 0 Å². The molecule has 0 unspecified atom stereocenters. The number of ether oxygens (including phenoxy) is 1. The Hall–Kier alpha value is -3.07. The number of rotatable bonds is 7. The summed E-state index contributed by atoms with van der Waals surface area (Å²) < 4.78 is 5.88. The van der Waals surface area contributed by atoms with Gasteiger partial charge in [0.2, 0.25) is 0 Å². The number of aryl methyl sites for hydroxylation is 2. The van der Waals surface area contributed by atoms with E-state index in [1.807, 2.05) is 54.6 Å². The van der Waals surface area contributed by atoms with E-state index >= 15 is 0 Å². The molecule has 0 saturated carbocycles. The minimum absolute atomic E-state index is 0.0126. The van der Waals surface area contributed by atoms with Crippen LogP contribution in [0.2, 0.25) is 0 Å². The molecule has 1 amide bonds. The summed E-state index contributed by atoms with van der Waals surface area (Å²) in [4.78, 5) is 12.9. The van der Waals surface area contributed by atoms with Crippen molar-refractivity contribution in [2.24, 2.45) is 0 Å². The molecule has 4 rings (SSSR count). The molecule has 0 spiro atoms. The van der Waals surface area contributed by atoms with Crippen LogP contribution in [0.25, 0.3) is 0 Å². The van der Waals surface area contributed by atoms with Crippen molar-refractivity contribution in [1.82, 2.24) is 5.32 Å². The third-order valence-corrected chi connectivity index (χ3v) is 5.83. The molecular formula is C27H29NO2. The van der Waals surface area contributed by atoms with E-state index in [0.29, 0.717) is 17.9 Å². The summed E-state index contributed by atoms with van der Waals surface area (Å²) >= 11 is 0. The molecule has 0 radical (unpaired) electrons. The number of carbonyl (C=O) groups excluding carboxylic acids is 1. The molecule has 0 heterocycles. The lowest BCUT2D eigenvalue weighted by atomic mass is 9.88. The molecule has 1 N–H and O–H groups in total. The van der Waals surface area contributed by atoms with E-state index in [9.17, 15) is 4.79 Å². The molecule has 3 nitrogen and oxygen atoms in total. The smallest absolute Gasteiger partial charge is 0.251 e. The molecule has 154 valence electrons. The van der Waals surface area contributed by atoms with Crippen LogP contribution in [0.15, 0.2) is 72.8 Å². The third kappa shape index (κ3) is 4.91. The molecule has 0 fully saturated rings. The van der Waals surface area contributed by atoms with Gasteiger partial charge in [0.25, 0.3) is 5.91 Å². The van der Waals surface area contributed by atoms with E-state index in [4.69, 9.17) is 4.74 Å². The first-order valence-corrected chi connectivity index (χ1v) is 10.9. The molecule has 3 aromatic rings. The van der Waals surface area contributed by atoms with Gasteiger partial charge in [0.1, 0.15) is 12.4 Å². The number of fused-ring (bicyclic) bond motifs is 1. The predicted molar refractivity (Wildman–Crippen MR) is 121 cm³/mol. The van der Waals surface area contributed by atoms with Gasteiger partial charge in [0.15, 0.2) is 0 Å². The Morgan fingerprint density at radius 3 is 2.53 bits per heavy atom. The largest absolute Gasteiger partial charge is 0.489 e. The molecule has 3 aromatic carbocycles. The standard InChI is InChI=1S/C27H29NO2/c1-2-26(23-16-15-21-11-6-7-12-22(21)17-23)28-27(29)24-13-8-14-25(18-24)30-19-20-9-4-3-5-10-20/h3-5,8-10,13-18,26H,2,6-7,11-12,19H2,1H3,(H,28,29)/t26-/m0/s1. The van der Waals surface area contributed by atoms with Crippen LogP contribution in [-0.2, 0) is 19.4 Å². The van der Waals surface area contributed by atoms with Gasteiger partial charge in [0, 0.05) is 5.56 Å². The van der Waals surface area contributed by atoms with Gasteiger partial charge in [-0.3, -0.25) is 4.79 Å². The van der Waals surface area contributed by atoms with Crippen molar-refractivity contribution in [3.63, 3.8) is 0 Å². The Balaban J connectivity index is 1.43. The second-order valence-corrected chi connectivity index (χ2v) is 7.97. The first kappa shape index (κ1) is 20.2. The van der Waals surface area contributed by atoms with Crippen LogP contribution in [0, 0.1) is 0 Å². The van der Waals surface area contributed by atoms with Crippen LogP contribution < -0.4 is 10.1 Å². The minimum atomic E-state index is -0.0651. The predicted octanol–water partition coefficient (Wildman–Crippen LogP) is 6.03. The van der Waals surface area contributed by atoms with Crippen molar-refractivity contribution in [3.05, 3.63) is 101 Å². The highest BCUT2D eigenvalue weighted by atomic mass is 16.5. The molecular weight excluding hydrogens is 370 g/mol. The molecule has 0 aromatic heterocycles. The Labute approximate surface area is 179 Å². The highest BCUT2D eigenvalue weighted by molar-refractivity contribution is 5.94. The van der Waals surface area contributed by atoms with Crippen molar-refractivity contribution in [2.75, 3.05) is 0 Å². The van der Waals surface area contributed by atoms with E-state index in [-0.39, 0.29) is 11.9 Å². The Morgan fingerprint density at radius 1 is 0.933 bits per heavy atom. The fourth-order valence-corrected chi connectivity index (χ4v) is 4.10. The summed E-state index contributed by atoms with van der Waals surface area (Å²) in [7, 11) is 0. The normalized spacial score (nSPS) is 13.9. The van der Waals surface area contributed by atoms with Gasteiger partial charge in [-0.05, 0) is 72.6 Å². The molecule has 30 heavy (non-hydrogen) atoms. The number of hydrogen-bond acceptors (Lipinski definition) is 2. The van der Waals surface area contributed by atoms with Crippen LogP contribution in [0.3, 0.4) is 0 Å². The van der Waals surface area contributed by atoms with Gasteiger partial charge in [-0.2, -0.15) is 0 Å². The van der Waals surface area contributed by atoms with Gasteiger partial charge >= 0.3 is 0 Å². The Bertz CT molecular complexity index is 997. The lowest BCUT2D eigenvalue weighted by Crippen LogP contribution is -2.28. The van der Waals surface area contributed by atoms with Crippen molar-refractivity contribution >= 4 is 5.91 Å². The van der Waals surface area contributed by atoms with Crippen molar-refractivity contribution in [3.8, 4) is 5.75 Å². The molecule has 3 heteroatoms. The summed E-state index contributed by atoms with van der Waals surface area (Å²) in [6.07, 6.45) is 5.72. The van der Waals surface area contributed by atoms with Crippen molar-refractivity contribution < 1.29 is 9.53 Å². The molecule has 0 bridgehead atoms. The van der Waals surface area contributed by atoms with Crippen LogP contribution >= 0.6 is 0 Å². The van der Waals surface area contributed by atoms with Crippen LogP contribution in [0.4, 0.5) is 0 Å². The van der Waals surface area contributed by atoms with Crippen LogP contribution in [-0.4, -0.2) is 5.91 Å². The average molecular weight is 400 g/mol. The van der Waals surface area contributed by atoms with Gasteiger partial charge in [-0.15, -0.1) is 0 Å². The average Bonchev–Trinajstić information content (AvgIpc) is 2.81. The fraction of sp³-hybridized carbons (Fsp3) is 0.296. The van der Waals surface area contributed by atoms with Gasteiger partial charge < -0.3 is 10.1 Å². The quantitative estimate of drug-likeness (QED) is 0.527. The zero-order chi connectivity index (χ0) is 20.8. The van der Waals surface area contributed by atoms with E-state index in [2.05, 4.69) is 30.4 Å². The topological polar surface area (TPSA) is 38.3 Å². The van der Waals surface area contributed by atoms with Gasteiger partial charge in [-0.1, -0.05) is 61.5 Å². The first-order chi connectivity index (χ1) is 14.7. The number of carbonyl (C=O) groups is 1. The maximum Gasteiger partial charge on any atom is 0.251 e. The lowest BCUT2D eigenvalue weighted by molar-refractivity contribution is 0.0935. The third-order valence-electron chi connectivity index (χ3n) is 5.83. The summed E-state index contributed by atoms with van der Waals surface area (Å²) in [5.41, 5.74) is 5.84. The zero-order valence-electron chi connectivity index (χ0n) is 17.6. The Kier molecular flexibility index (Phi) is 6.48. The summed E-state index contributed by atoms with van der Waals surface area (Å²) in [6.45, 7) is 2.60. The van der Waals surface area contributed by atoms with E-state index in [0.717, 1.165) is 18.4 Å². The molecule has 0 saturated heterocycles. The SMILES string of the molecule is CC[C@H](NC(=O)c1cccc(OCc2ccccc2)c1)c1ccc2c(c1)CCCC2. The van der Waals surface area contributed by atoms with Gasteiger partial charge in [-0.25, -0.2) is 0 Å². The number of amides is 1. The highest BCUT2D eigenvalue weighted by Gasteiger charge is 2.17. The monoisotopic (exact) mass is 399 g/mol. The van der Waals surface area contributed by atoms with Crippen LogP contribution in [0.5, 0.6) is 5.75 Å². The van der Waals surface area contributed by atoms with Crippen LogP contribution in [0.1, 0.15) is 64.8 Å². The number of benzene rings is 3. The van der Waals surface area contributed by atoms with E-state index < -0.39 is 0 Å². The summed E-state index contributed by atoms with van der Waals surface area (Å²) in [5.74, 6) is 0.637. The summed E-state index contributed by atoms with van der Waals surface area (Å²) in [6, 6.07) is 24.2. The Morgan fingerprint density at radius 2 is 1.73 bits per heavy atom. The van der Waals surface area contributed by atoms with E-state index in [1.165, 1.54) is 36.0 Å². The second-order valence-electron chi connectivity index (χ2n) is 7.97. The number of hydrogen-bond donors (Lipinski definition) is 1. The summed E-state index contributed by atoms with van der Waals surface area (Å²) in [5, 5.41) is 3.21. The lowest BCUT2D eigenvalue weighted by Gasteiger charge is -2.22. The van der Waals surface area contributed by atoms with Gasteiger partial charge in [0.05, 0.1) is 6.04 Å². The maximum absolute atomic E-state index is 12.9. The zero-order valence-corrected chi connectivity index (χ0v) is 17.6. The minimum Gasteiger partial charge on any atom is -0.489 e. The molecule has 0 aliphatic heterocycles. The maximum atomic E-state index is 12.9. The molecule has 1 atom stereocenters. The first-order valence-electron chi connectivity index (χ1n) is 10.9. The van der Waals surface area contributed by atoms with Crippen molar-refractivity contribution in [2.45, 2.75) is 51.7 Å². The second kappa shape index (κ2) is 9.62. The molecule has 1 aliphatic rings. The molecule has 1 aliphatic carbocycles. The highest BCUT2D eigenvalue weighted by Crippen LogP contribution is 2.26. The van der Waals surface area contributed by atoms with Crippen molar-refractivity contribution in [1.29, 1.82) is 0 Å².